The number of piperidine rings is 2. The second-order valence-electron chi connectivity index (χ2n) is 13.4. The van der Waals surface area contributed by atoms with E-state index < -0.39 is 5.60 Å². The summed E-state index contributed by atoms with van der Waals surface area (Å²) in [5.74, 6) is 4.89. The van der Waals surface area contributed by atoms with E-state index in [1.807, 2.05) is 0 Å². The molecule has 0 amide bonds. The second-order valence-corrected chi connectivity index (χ2v) is 13.4. The van der Waals surface area contributed by atoms with Gasteiger partial charge in [-0.25, -0.2) is 0 Å². The van der Waals surface area contributed by atoms with E-state index in [0.717, 1.165) is 50.5 Å². The summed E-state index contributed by atoms with van der Waals surface area (Å²) in [6.07, 6.45) is 9.43. The highest BCUT2D eigenvalue weighted by atomic mass is 16.3. The third-order valence-corrected chi connectivity index (χ3v) is 12.0. The smallest absolute Gasteiger partial charge is 0.0805 e. The fourth-order valence-corrected chi connectivity index (χ4v) is 10.6. The van der Waals surface area contributed by atoms with Crippen LogP contribution in [-0.4, -0.2) is 57.2 Å². The van der Waals surface area contributed by atoms with Crippen LogP contribution in [0.1, 0.15) is 78.6 Å². The zero-order chi connectivity index (χ0) is 21.7. The molecule has 4 heteroatoms. The molecule has 6 rings (SSSR count). The molecule has 2 heterocycles. The van der Waals surface area contributed by atoms with Gasteiger partial charge in [-0.1, -0.05) is 13.8 Å². The van der Waals surface area contributed by atoms with E-state index in [0.29, 0.717) is 35.6 Å². The fourth-order valence-electron chi connectivity index (χ4n) is 10.6. The summed E-state index contributed by atoms with van der Waals surface area (Å²) in [6.45, 7) is 9.36. The lowest BCUT2D eigenvalue weighted by Crippen LogP contribution is -2.67. The average molecular weight is 432 g/mol. The molecule has 0 spiro atoms. The molecule has 31 heavy (non-hydrogen) atoms. The minimum absolute atomic E-state index is 0.188. The van der Waals surface area contributed by atoms with Crippen LogP contribution in [0.2, 0.25) is 0 Å². The molecule has 4 nitrogen and oxygen atoms in total. The van der Waals surface area contributed by atoms with Crippen molar-refractivity contribution < 1.29 is 15.3 Å². The molecule has 13 atom stereocenters. The van der Waals surface area contributed by atoms with Crippen molar-refractivity contribution in [1.82, 2.24) is 4.90 Å². The summed E-state index contributed by atoms with van der Waals surface area (Å²) in [5, 5.41) is 33.3. The normalized spacial score (nSPS) is 61.5. The van der Waals surface area contributed by atoms with Gasteiger partial charge >= 0.3 is 0 Å². The number of aliphatic hydroxyl groups excluding tert-OH is 2. The monoisotopic (exact) mass is 431 g/mol. The van der Waals surface area contributed by atoms with Crippen LogP contribution in [-0.2, 0) is 0 Å². The van der Waals surface area contributed by atoms with Crippen LogP contribution >= 0.6 is 0 Å². The summed E-state index contributed by atoms with van der Waals surface area (Å²) < 4.78 is 0. The molecular weight excluding hydrogens is 386 g/mol. The van der Waals surface area contributed by atoms with Crippen molar-refractivity contribution in [2.24, 2.45) is 52.8 Å². The minimum Gasteiger partial charge on any atom is -0.393 e. The molecule has 0 bridgehead atoms. The summed E-state index contributed by atoms with van der Waals surface area (Å²) in [5.41, 5.74) is -0.365. The van der Waals surface area contributed by atoms with Gasteiger partial charge in [-0.3, -0.25) is 4.90 Å². The maximum atomic E-state index is 11.8. The predicted octanol–water partition coefficient (Wildman–Crippen LogP) is 3.68. The van der Waals surface area contributed by atoms with Crippen LogP contribution in [0.4, 0.5) is 0 Å². The molecule has 2 aliphatic heterocycles. The number of aliphatic hydroxyl groups is 3. The Kier molecular flexibility index (Phi) is 4.94. The summed E-state index contributed by atoms with van der Waals surface area (Å²) in [4.78, 5) is 2.68. The van der Waals surface area contributed by atoms with E-state index in [2.05, 4.69) is 25.7 Å². The van der Waals surface area contributed by atoms with Crippen molar-refractivity contribution in [3.8, 4) is 0 Å². The van der Waals surface area contributed by atoms with Gasteiger partial charge in [-0.2, -0.15) is 0 Å². The lowest BCUT2D eigenvalue weighted by atomic mass is 9.51. The van der Waals surface area contributed by atoms with E-state index in [4.69, 9.17) is 0 Å². The molecule has 2 saturated heterocycles. The Morgan fingerprint density at radius 2 is 1.55 bits per heavy atom. The highest BCUT2D eigenvalue weighted by Crippen LogP contribution is 2.67. The van der Waals surface area contributed by atoms with Gasteiger partial charge in [-0.15, -0.1) is 0 Å². The lowest BCUT2D eigenvalue weighted by molar-refractivity contribution is -0.176. The standard InChI is InChI=1S/C27H45NO3/c1-15-4-7-25-27(3,31)21-6-5-17-18(20(21)14-28(25)13-15)11-22-19(17)12-24(30)23-10-16(29)8-9-26(22,23)2/h15-25,29-31H,4-14H2,1-3H3/t15-,16-,17+,18+,19-,20+,21+,22+,23+,24-,25-,26+,27-/m0/s1. The molecule has 4 aliphatic carbocycles. The molecule has 0 unspecified atom stereocenters. The summed E-state index contributed by atoms with van der Waals surface area (Å²) >= 11 is 0. The quantitative estimate of drug-likeness (QED) is 0.547. The molecule has 176 valence electrons. The van der Waals surface area contributed by atoms with E-state index in [1.165, 1.54) is 32.2 Å². The van der Waals surface area contributed by atoms with Crippen molar-refractivity contribution in [3.05, 3.63) is 0 Å². The van der Waals surface area contributed by atoms with Crippen LogP contribution < -0.4 is 0 Å². The first-order valence-electron chi connectivity index (χ1n) is 13.5. The molecule has 0 radical (unpaired) electrons. The second kappa shape index (κ2) is 7.17. The zero-order valence-electron chi connectivity index (χ0n) is 19.9. The third kappa shape index (κ3) is 3.00. The third-order valence-electron chi connectivity index (χ3n) is 12.0. The van der Waals surface area contributed by atoms with Crippen molar-refractivity contribution in [2.75, 3.05) is 13.1 Å². The van der Waals surface area contributed by atoms with Gasteiger partial charge in [0.15, 0.2) is 0 Å². The SMILES string of the molecule is C[C@H]1CC[C@@H]2N(C1)C[C@@H]1[C@@H]3C[C@@H]4[C@@H](C[C@H](O)[C@H]5C[C@@H](O)CC[C@]45C)[C@@H]3CC[C@H]1[C@]2(C)O. The Morgan fingerprint density at radius 3 is 2.35 bits per heavy atom. The number of hydrogen-bond donors (Lipinski definition) is 3. The summed E-state index contributed by atoms with van der Waals surface area (Å²) in [7, 11) is 0. The molecular formula is C27H45NO3. The molecule has 0 aromatic rings. The summed E-state index contributed by atoms with van der Waals surface area (Å²) in [6, 6.07) is 0.355. The Bertz CT molecular complexity index is 711. The Balaban J connectivity index is 1.30. The van der Waals surface area contributed by atoms with Crippen LogP contribution in [0, 0.1) is 52.8 Å². The van der Waals surface area contributed by atoms with Crippen LogP contribution in [0.3, 0.4) is 0 Å². The first-order chi connectivity index (χ1) is 14.7. The number of rotatable bonds is 0. The zero-order valence-corrected chi connectivity index (χ0v) is 19.9. The first kappa shape index (κ1) is 21.4. The van der Waals surface area contributed by atoms with Gasteiger partial charge in [0.1, 0.15) is 0 Å². The number of fused-ring (bicyclic) bond motifs is 8. The molecule has 3 N–H and O–H groups in total. The Morgan fingerprint density at radius 1 is 0.742 bits per heavy atom. The number of hydrogen-bond acceptors (Lipinski definition) is 4. The van der Waals surface area contributed by atoms with Gasteiger partial charge in [0.25, 0.3) is 0 Å². The molecule has 6 fully saturated rings. The van der Waals surface area contributed by atoms with Crippen molar-refractivity contribution in [2.45, 2.75) is 102 Å². The maximum absolute atomic E-state index is 11.8. The van der Waals surface area contributed by atoms with Gasteiger partial charge in [0, 0.05) is 19.1 Å². The van der Waals surface area contributed by atoms with Crippen molar-refractivity contribution >= 4 is 0 Å². The molecule has 0 aromatic carbocycles. The molecule has 4 saturated carbocycles. The van der Waals surface area contributed by atoms with Crippen molar-refractivity contribution in [1.29, 1.82) is 0 Å². The maximum Gasteiger partial charge on any atom is 0.0805 e. The van der Waals surface area contributed by atoms with Crippen molar-refractivity contribution in [3.63, 3.8) is 0 Å². The molecule has 6 aliphatic rings. The van der Waals surface area contributed by atoms with E-state index in [1.54, 1.807) is 0 Å². The fraction of sp³-hybridized carbons (Fsp3) is 1.00. The van der Waals surface area contributed by atoms with E-state index in [-0.39, 0.29) is 23.5 Å². The average Bonchev–Trinajstić information content (AvgIpc) is 3.09. The topological polar surface area (TPSA) is 63.9 Å². The van der Waals surface area contributed by atoms with Gasteiger partial charge in [0.2, 0.25) is 0 Å². The van der Waals surface area contributed by atoms with E-state index in [9.17, 15) is 15.3 Å². The minimum atomic E-state index is -0.553. The van der Waals surface area contributed by atoms with Crippen LogP contribution in [0.15, 0.2) is 0 Å². The Hall–Kier alpha value is -0.160. The predicted molar refractivity (Wildman–Crippen MR) is 121 cm³/mol. The van der Waals surface area contributed by atoms with Gasteiger partial charge < -0.3 is 15.3 Å². The molecule has 0 aromatic heterocycles. The largest absolute Gasteiger partial charge is 0.393 e. The van der Waals surface area contributed by atoms with Gasteiger partial charge in [-0.05, 0) is 117 Å². The lowest BCUT2D eigenvalue weighted by Gasteiger charge is -2.60. The number of nitrogens with zero attached hydrogens (tertiary/aromatic N) is 1. The van der Waals surface area contributed by atoms with E-state index >= 15 is 0 Å². The highest BCUT2D eigenvalue weighted by Gasteiger charge is 2.64. The highest BCUT2D eigenvalue weighted by molar-refractivity contribution is 5.14. The van der Waals surface area contributed by atoms with Crippen LogP contribution in [0.25, 0.3) is 0 Å². The first-order valence-corrected chi connectivity index (χ1v) is 13.5. The Labute approximate surface area is 188 Å². The van der Waals surface area contributed by atoms with Gasteiger partial charge in [0.05, 0.1) is 17.8 Å². The van der Waals surface area contributed by atoms with Crippen LogP contribution in [0.5, 0.6) is 0 Å².